The summed E-state index contributed by atoms with van der Waals surface area (Å²) in [5, 5.41) is 5.92. The summed E-state index contributed by atoms with van der Waals surface area (Å²) in [7, 11) is 3.22. The maximum atomic E-state index is 12.6. The van der Waals surface area contributed by atoms with Crippen molar-refractivity contribution in [2.75, 3.05) is 32.6 Å². The number of rotatable bonds is 6. The van der Waals surface area contributed by atoms with E-state index >= 15 is 0 Å². The molecule has 1 aromatic heterocycles. The van der Waals surface area contributed by atoms with E-state index in [9.17, 15) is 4.79 Å². The average Bonchev–Trinajstić information content (AvgIpc) is 2.69. The van der Waals surface area contributed by atoms with Crippen LogP contribution in [-0.2, 0) is 6.54 Å². The van der Waals surface area contributed by atoms with Crippen molar-refractivity contribution in [3.8, 4) is 5.88 Å². The minimum atomic E-state index is -0.189. The maximum Gasteiger partial charge on any atom is 0.258 e. The number of amides is 1. The van der Waals surface area contributed by atoms with Gasteiger partial charge in [-0.25, -0.2) is 4.98 Å². The van der Waals surface area contributed by atoms with E-state index in [2.05, 4.69) is 49.8 Å². The van der Waals surface area contributed by atoms with Crippen LogP contribution in [0.2, 0.25) is 0 Å². The fourth-order valence-corrected chi connectivity index (χ4v) is 3.14. The number of aromatic nitrogens is 2. The number of likely N-dealkylation sites (tertiary alicyclic amines) is 1. The van der Waals surface area contributed by atoms with Crippen LogP contribution in [0.5, 0.6) is 5.88 Å². The van der Waals surface area contributed by atoms with Gasteiger partial charge in [0.25, 0.3) is 5.91 Å². The summed E-state index contributed by atoms with van der Waals surface area (Å²) in [6, 6.07) is 10.6. The molecule has 2 N–H and O–H groups in total. The fraction of sp³-hybridized carbons (Fsp3) is 0.421. The monoisotopic (exact) mass is 355 g/mol. The van der Waals surface area contributed by atoms with Crippen LogP contribution in [0.1, 0.15) is 28.8 Å². The van der Waals surface area contributed by atoms with Crippen LogP contribution in [0, 0.1) is 0 Å². The Hall–Kier alpha value is -2.67. The summed E-state index contributed by atoms with van der Waals surface area (Å²) in [6.45, 7) is 2.88. The predicted molar refractivity (Wildman–Crippen MR) is 100 cm³/mol. The van der Waals surface area contributed by atoms with E-state index in [-0.39, 0.29) is 17.8 Å². The molecule has 1 saturated heterocycles. The first kappa shape index (κ1) is 18.1. The number of hydrogen-bond acceptors (Lipinski definition) is 6. The van der Waals surface area contributed by atoms with Crippen molar-refractivity contribution in [1.82, 2.24) is 20.2 Å². The zero-order valence-corrected chi connectivity index (χ0v) is 15.2. The molecule has 2 aromatic rings. The minimum absolute atomic E-state index is 0.156. The standard InChI is InChI=1S/C19H25N5O2/c1-20-19-21-12-16(18(23-19)26-2)17(25)22-15-8-10-24(11-9-15)13-14-6-4-3-5-7-14/h3-7,12,15H,8-11,13H2,1-2H3,(H,22,25)(H,20,21,23). The van der Waals surface area contributed by atoms with E-state index < -0.39 is 0 Å². The Morgan fingerprint density at radius 2 is 2.00 bits per heavy atom. The van der Waals surface area contributed by atoms with Gasteiger partial charge in [0.15, 0.2) is 0 Å². The lowest BCUT2D eigenvalue weighted by molar-refractivity contribution is 0.0904. The molecule has 1 aliphatic rings. The summed E-state index contributed by atoms with van der Waals surface area (Å²) in [5.41, 5.74) is 1.68. The molecule has 138 valence electrons. The Balaban J connectivity index is 1.53. The first-order chi connectivity index (χ1) is 12.7. The van der Waals surface area contributed by atoms with Gasteiger partial charge in [0.05, 0.1) is 7.11 Å². The number of nitrogens with zero attached hydrogens (tertiary/aromatic N) is 3. The smallest absolute Gasteiger partial charge is 0.258 e. The Bertz CT molecular complexity index is 730. The molecule has 1 aromatic carbocycles. The first-order valence-corrected chi connectivity index (χ1v) is 8.85. The van der Waals surface area contributed by atoms with Crippen molar-refractivity contribution < 1.29 is 9.53 Å². The van der Waals surface area contributed by atoms with Gasteiger partial charge in [-0.2, -0.15) is 4.98 Å². The van der Waals surface area contributed by atoms with Gasteiger partial charge in [0.2, 0.25) is 11.8 Å². The number of anilines is 1. The number of hydrogen-bond donors (Lipinski definition) is 2. The predicted octanol–water partition coefficient (Wildman–Crippen LogP) is 1.92. The largest absolute Gasteiger partial charge is 0.480 e. The molecular formula is C19H25N5O2. The number of methoxy groups -OCH3 is 1. The molecule has 0 spiro atoms. The van der Waals surface area contributed by atoms with E-state index in [1.54, 1.807) is 7.05 Å². The zero-order valence-electron chi connectivity index (χ0n) is 15.2. The molecule has 2 heterocycles. The molecule has 7 nitrogen and oxygen atoms in total. The van der Waals surface area contributed by atoms with Crippen LogP contribution in [0.15, 0.2) is 36.5 Å². The topological polar surface area (TPSA) is 79.4 Å². The van der Waals surface area contributed by atoms with Gasteiger partial charge < -0.3 is 15.4 Å². The second-order valence-electron chi connectivity index (χ2n) is 6.38. The fourth-order valence-electron chi connectivity index (χ4n) is 3.14. The highest BCUT2D eigenvalue weighted by Gasteiger charge is 2.23. The molecule has 1 aliphatic heterocycles. The van der Waals surface area contributed by atoms with E-state index in [1.807, 2.05) is 6.07 Å². The molecule has 1 fully saturated rings. The number of benzene rings is 1. The molecule has 1 amide bonds. The highest BCUT2D eigenvalue weighted by atomic mass is 16.5. The summed E-state index contributed by atoms with van der Waals surface area (Å²) in [4.78, 5) is 23.3. The normalized spacial score (nSPS) is 15.5. The van der Waals surface area contributed by atoms with Gasteiger partial charge in [0, 0.05) is 38.9 Å². The van der Waals surface area contributed by atoms with Crippen LogP contribution < -0.4 is 15.4 Å². The molecule has 0 unspecified atom stereocenters. The average molecular weight is 355 g/mol. The molecule has 0 bridgehead atoms. The van der Waals surface area contributed by atoms with Gasteiger partial charge in [-0.05, 0) is 18.4 Å². The van der Waals surface area contributed by atoms with Crippen molar-refractivity contribution >= 4 is 11.9 Å². The van der Waals surface area contributed by atoms with Crippen molar-refractivity contribution in [1.29, 1.82) is 0 Å². The SMILES string of the molecule is CNc1ncc(C(=O)NC2CCN(Cc3ccccc3)CC2)c(OC)n1. The number of nitrogens with one attached hydrogen (secondary N) is 2. The third kappa shape index (κ3) is 4.49. The highest BCUT2D eigenvalue weighted by molar-refractivity contribution is 5.96. The Kier molecular flexibility index (Phi) is 6.01. The van der Waals surface area contributed by atoms with E-state index in [0.29, 0.717) is 11.5 Å². The summed E-state index contributed by atoms with van der Waals surface area (Å²) >= 11 is 0. The highest BCUT2D eigenvalue weighted by Crippen LogP contribution is 2.18. The molecule has 7 heteroatoms. The lowest BCUT2D eigenvalue weighted by Gasteiger charge is -2.32. The first-order valence-electron chi connectivity index (χ1n) is 8.85. The molecule has 26 heavy (non-hydrogen) atoms. The molecule has 0 radical (unpaired) electrons. The van der Waals surface area contributed by atoms with Gasteiger partial charge in [-0.3, -0.25) is 9.69 Å². The number of ether oxygens (including phenoxy) is 1. The Labute approximate surface area is 153 Å². The Morgan fingerprint density at radius 1 is 1.27 bits per heavy atom. The Morgan fingerprint density at radius 3 is 2.65 bits per heavy atom. The van der Waals surface area contributed by atoms with Crippen LogP contribution in [-0.4, -0.2) is 54.1 Å². The second kappa shape index (κ2) is 8.62. The van der Waals surface area contributed by atoms with Gasteiger partial charge in [0.1, 0.15) is 5.56 Å². The quantitative estimate of drug-likeness (QED) is 0.824. The number of carbonyl (C=O) groups excluding carboxylic acids is 1. The van der Waals surface area contributed by atoms with Crippen LogP contribution in [0.25, 0.3) is 0 Å². The summed E-state index contributed by atoms with van der Waals surface area (Å²) in [5.74, 6) is 0.516. The van der Waals surface area contributed by atoms with E-state index in [4.69, 9.17) is 4.74 Å². The van der Waals surface area contributed by atoms with Crippen molar-refractivity contribution in [2.24, 2.45) is 0 Å². The van der Waals surface area contributed by atoms with E-state index in [1.165, 1.54) is 18.9 Å². The molecule has 0 atom stereocenters. The molecule has 0 saturated carbocycles. The third-order valence-electron chi connectivity index (χ3n) is 4.59. The number of carbonyl (C=O) groups is 1. The van der Waals surface area contributed by atoms with Crippen LogP contribution in [0.3, 0.4) is 0 Å². The van der Waals surface area contributed by atoms with Crippen molar-refractivity contribution in [2.45, 2.75) is 25.4 Å². The van der Waals surface area contributed by atoms with E-state index in [0.717, 1.165) is 32.5 Å². The van der Waals surface area contributed by atoms with Gasteiger partial charge in [-0.15, -0.1) is 0 Å². The maximum absolute atomic E-state index is 12.6. The van der Waals surface area contributed by atoms with Crippen molar-refractivity contribution in [3.63, 3.8) is 0 Å². The third-order valence-corrected chi connectivity index (χ3v) is 4.59. The zero-order chi connectivity index (χ0) is 18.4. The minimum Gasteiger partial charge on any atom is -0.480 e. The summed E-state index contributed by atoms with van der Waals surface area (Å²) in [6.07, 6.45) is 3.35. The van der Waals surface area contributed by atoms with Gasteiger partial charge >= 0.3 is 0 Å². The lowest BCUT2D eigenvalue weighted by atomic mass is 10.0. The second-order valence-corrected chi connectivity index (χ2v) is 6.38. The van der Waals surface area contributed by atoms with Crippen LogP contribution >= 0.6 is 0 Å². The van der Waals surface area contributed by atoms with Gasteiger partial charge in [-0.1, -0.05) is 30.3 Å². The number of piperidine rings is 1. The van der Waals surface area contributed by atoms with Crippen molar-refractivity contribution in [3.05, 3.63) is 47.7 Å². The summed E-state index contributed by atoms with van der Waals surface area (Å²) < 4.78 is 5.22. The molecule has 3 rings (SSSR count). The van der Waals surface area contributed by atoms with Crippen LogP contribution in [0.4, 0.5) is 5.95 Å². The lowest BCUT2D eigenvalue weighted by Crippen LogP contribution is -2.44. The molecule has 0 aliphatic carbocycles. The molecular weight excluding hydrogens is 330 g/mol.